The Bertz CT molecular complexity index is 1280. The number of hydrogen-bond donors (Lipinski definition) is 1. The smallest absolute Gasteiger partial charge is 0.245 e. The molecule has 0 atom stereocenters. The van der Waals surface area contributed by atoms with Crippen LogP contribution in [0.2, 0.25) is 0 Å². The van der Waals surface area contributed by atoms with Crippen LogP contribution >= 0.6 is 0 Å². The Morgan fingerprint density at radius 1 is 1.11 bits per heavy atom. The number of ketones is 1. The van der Waals surface area contributed by atoms with Crippen molar-refractivity contribution in [1.29, 1.82) is 0 Å². The Balaban J connectivity index is 1.46. The molecule has 1 saturated heterocycles. The third-order valence-electron chi connectivity index (χ3n) is 6.74. The highest BCUT2D eigenvalue weighted by Crippen LogP contribution is 2.32. The zero-order chi connectivity index (χ0) is 26.4. The number of methoxy groups -OCH3 is 1. The topological polar surface area (TPSA) is 99.5 Å². The fourth-order valence-corrected chi connectivity index (χ4v) is 6.25. The Morgan fingerprint density at radius 3 is 2.38 bits per heavy atom. The zero-order valence-electron chi connectivity index (χ0n) is 20.5. The number of piperidine rings is 1. The first kappa shape index (κ1) is 26.6. The van der Waals surface area contributed by atoms with E-state index in [0.717, 1.165) is 0 Å². The van der Waals surface area contributed by atoms with Crippen LogP contribution in [0.25, 0.3) is 0 Å². The molecule has 1 heterocycles. The Hall–Kier alpha value is -3.50. The number of oxime groups is 1. The molecular weight excluding hydrogens is 497 g/mol. The number of hydrogen-bond acceptors (Lipinski definition) is 7. The lowest BCUT2D eigenvalue weighted by Gasteiger charge is -2.34. The van der Waals surface area contributed by atoms with E-state index in [4.69, 9.17) is 9.94 Å². The summed E-state index contributed by atoms with van der Waals surface area (Å²) in [4.78, 5) is 15.0. The van der Waals surface area contributed by atoms with Crippen molar-refractivity contribution in [3.63, 3.8) is 0 Å². The molecule has 2 aromatic carbocycles. The zero-order valence-corrected chi connectivity index (χ0v) is 21.4. The van der Waals surface area contributed by atoms with Gasteiger partial charge in [0.15, 0.2) is 5.78 Å². The number of sulfonamides is 1. The highest BCUT2D eigenvalue weighted by Gasteiger charge is 2.33. The van der Waals surface area contributed by atoms with Crippen LogP contribution in [0.4, 0.5) is 10.1 Å². The number of Topliss-reactive ketones (excluding diaryl/α,β-unsaturated/α-hetero) is 1. The quantitative estimate of drug-likeness (QED) is 0.302. The number of likely N-dealkylation sites (tertiary alicyclic amines) is 1. The van der Waals surface area contributed by atoms with Crippen molar-refractivity contribution >= 4 is 27.2 Å². The maximum absolute atomic E-state index is 13.7. The van der Waals surface area contributed by atoms with Crippen LogP contribution in [0.5, 0.6) is 5.75 Å². The first-order valence-electron chi connectivity index (χ1n) is 12.1. The minimum atomic E-state index is -3.87. The van der Waals surface area contributed by atoms with Crippen molar-refractivity contribution in [2.24, 2.45) is 11.1 Å². The molecule has 1 N–H and O–H groups in total. The molecule has 196 valence electrons. The number of benzene rings is 2. The molecule has 1 aliphatic heterocycles. The van der Waals surface area contributed by atoms with Gasteiger partial charge in [-0.1, -0.05) is 29.4 Å². The molecular formula is C27H30FN3O5S. The van der Waals surface area contributed by atoms with Crippen molar-refractivity contribution in [3.05, 3.63) is 84.2 Å². The van der Waals surface area contributed by atoms with E-state index in [2.05, 4.69) is 10.1 Å². The summed E-state index contributed by atoms with van der Waals surface area (Å²) >= 11 is 0. The number of nitrogens with zero attached hydrogens (tertiary/aromatic N) is 3. The third kappa shape index (κ3) is 6.08. The molecule has 0 amide bonds. The lowest BCUT2D eigenvalue weighted by molar-refractivity contribution is 0.0843. The predicted octanol–water partition coefficient (Wildman–Crippen LogP) is 3.89. The number of halogens is 1. The van der Waals surface area contributed by atoms with Crippen LogP contribution in [0, 0.1) is 11.7 Å². The van der Waals surface area contributed by atoms with Gasteiger partial charge in [-0.3, -0.25) is 9.10 Å². The van der Waals surface area contributed by atoms with Crippen molar-refractivity contribution in [1.82, 2.24) is 4.90 Å². The van der Waals surface area contributed by atoms with Gasteiger partial charge in [0.25, 0.3) is 0 Å². The van der Waals surface area contributed by atoms with E-state index in [0.29, 0.717) is 49.5 Å². The Labute approximate surface area is 216 Å². The molecule has 10 heteroatoms. The van der Waals surface area contributed by atoms with Gasteiger partial charge in [-0.15, -0.1) is 0 Å². The number of para-hydroxylation sites is 2. The van der Waals surface area contributed by atoms with Gasteiger partial charge in [-0.25, -0.2) is 12.8 Å². The third-order valence-corrected chi connectivity index (χ3v) is 8.74. The van der Waals surface area contributed by atoms with Crippen LogP contribution in [0.1, 0.15) is 23.2 Å². The van der Waals surface area contributed by atoms with Gasteiger partial charge in [-0.2, -0.15) is 0 Å². The van der Waals surface area contributed by atoms with Crippen molar-refractivity contribution in [2.75, 3.05) is 37.6 Å². The van der Waals surface area contributed by atoms with Gasteiger partial charge in [0.05, 0.1) is 12.8 Å². The first-order valence-corrected chi connectivity index (χ1v) is 13.6. The number of carbonyl (C=O) groups excluding carboxylic acids is 1. The molecule has 37 heavy (non-hydrogen) atoms. The standard InChI is InChI=1S/C27H30FN3O5S/c1-36-26-5-3-2-4-25(26)31(37(34,35)24-12-10-23(29-33)11-13-24)19-18-30-16-14-21(15-17-30)27(32)20-6-8-22(28)9-7-20/h2-13,21,24,33H,14-19H2,1H3. The summed E-state index contributed by atoms with van der Waals surface area (Å²) in [7, 11) is -2.38. The second-order valence-electron chi connectivity index (χ2n) is 8.98. The number of ether oxygens (including phenoxy) is 1. The maximum atomic E-state index is 13.7. The van der Waals surface area contributed by atoms with Gasteiger partial charge in [0.1, 0.15) is 22.5 Å². The summed E-state index contributed by atoms with van der Waals surface area (Å²) < 4.78 is 47.5. The molecule has 0 saturated carbocycles. The Morgan fingerprint density at radius 2 is 1.76 bits per heavy atom. The molecule has 2 aromatic rings. The summed E-state index contributed by atoms with van der Waals surface area (Å²) in [5, 5.41) is 11.1. The Kier molecular flexibility index (Phi) is 8.40. The molecule has 4 rings (SSSR count). The van der Waals surface area contributed by atoms with Crippen LogP contribution in [-0.4, -0.2) is 68.6 Å². The van der Waals surface area contributed by atoms with Crippen LogP contribution in [0.3, 0.4) is 0 Å². The van der Waals surface area contributed by atoms with E-state index in [-0.39, 0.29) is 29.8 Å². The highest BCUT2D eigenvalue weighted by molar-refractivity contribution is 7.93. The summed E-state index contributed by atoms with van der Waals surface area (Å²) in [6.07, 6.45) is 7.19. The second-order valence-corrected chi connectivity index (χ2v) is 11.0. The molecule has 0 bridgehead atoms. The summed E-state index contributed by atoms with van der Waals surface area (Å²) in [6.45, 7) is 1.96. The monoisotopic (exact) mass is 527 g/mol. The maximum Gasteiger partial charge on any atom is 0.245 e. The average molecular weight is 528 g/mol. The molecule has 1 fully saturated rings. The minimum absolute atomic E-state index is 0.0135. The fourth-order valence-electron chi connectivity index (χ4n) is 4.64. The van der Waals surface area contributed by atoms with Crippen LogP contribution < -0.4 is 9.04 Å². The summed E-state index contributed by atoms with van der Waals surface area (Å²) in [5.41, 5.74) is 1.22. The lowest BCUT2D eigenvalue weighted by Crippen LogP contribution is -2.45. The average Bonchev–Trinajstić information content (AvgIpc) is 2.93. The van der Waals surface area contributed by atoms with E-state index in [9.17, 15) is 17.6 Å². The first-order chi connectivity index (χ1) is 17.8. The van der Waals surface area contributed by atoms with E-state index in [1.807, 2.05) is 0 Å². The lowest BCUT2D eigenvalue weighted by atomic mass is 9.89. The molecule has 2 aliphatic rings. The largest absolute Gasteiger partial charge is 0.495 e. The SMILES string of the molecule is COc1ccccc1N(CCN1CCC(C(=O)c2ccc(F)cc2)CC1)S(=O)(=O)C1C=CC(=NO)C=C1. The minimum Gasteiger partial charge on any atom is -0.495 e. The second kappa shape index (κ2) is 11.7. The molecule has 8 nitrogen and oxygen atoms in total. The van der Waals surface area contributed by atoms with E-state index < -0.39 is 15.3 Å². The van der Waals surface area contributed by atoms with Crippen molar-refractivity contribution in [3.8, 4) is 5.75 Å². The number of anilines is 1. The number of allylic oxidation sites excluding steroid dienone is 2. The summed E-state index contributed by atoms with van der Waals surface area (Å²) in [6, 6.07) is 12.6. The van der Waals surface area contributed by atoms with Gasteiger partial charge < -0.3 is 14.8 Å². The molecule has 0 radical (unpaired) electrons. The van der Waals surface area contributed by atoms with Crippen LogP contribution in [0.15, 0.2) is 78.0 Å². The molecule has 0 unspecified atom stereocenters. The predicted molar refractivity (Wildman–Crippen MR) is 140 cm³/mol. The van der Waals surface area contributed by atoms with Gasteiger partial charge in [-0.05, 0) is 74.5 Å². The summed E-state index contributed by atoms with van der Waals surface area (Å²) in [5.74, 6) is -0.0617. The van der Waals surface area contributed by atoms with Gasteiger partial charge in [0, 0.05) is 24.6 Å². The fraction of sp³-hybridized carbons (Fsp3) is 0.333. The normalized spacial score (nSPS) is 18.5. The molecule has 1 aliphatic carbocycles. The number of carbonyl (C=O) groups is 1. The van der Waals surface area contributed by atoms with E-state index in [1.54, 1.807) is 24.3 Å². The van der Waals surface area contributed by atoms with Gasteiger partial charge >= 0.3 is 0 Å². The molecule has 0 spiro atoms. The van der Waals surface area contributed by atoms with E-state index in [1.165, 1.54) is 60.0 Å². The number of rotatable bonds is 9. The van der Waals surface area contributed by atoms with E-state index >= 15 is 0 Å². The van der Waals surface area contributed by atoms with Gasteiger partial charge in [0.2, 0.25) is 10.0 Å². The van der Waals surface area contributed by atoms with Crippen molar-refractivity contribution in [2.45, 2.75) is 18.1 Å². The highest BCUT2D eigenvalue weighted by atomic mass is 32.2. The van der Waals surface area contributed by atoms with Crippen LogP contribution in [-0.2, 0) is 10.0 Å². The molecule has 0 aromatic heterocycles. The van der Waals surface area contributed by atoms with Crippen molar-refractivity contribution < 1.29 is 27.5 Å².